The van der Waals surface area contributed by atoms with Crippen LogP contribution in [0.4, 0.5) is 5.95 Å². The van der Waals surface area contributed by atoms with Gasteiger partial charge < -0.3 is 11.1 Å². The molecule has 2 aromatic rings. The molecule has 1 amide bonds. The van der Waals surface area contributed by atoms with Crippen molar-refractivity contribution in [1.29, 1.82) is 0 Å². The molecule has 0 fully saturated rings. The molecule has 0 bridgehead atoms. The predicted molar refractivity (Wildman–Crippen MR) is 74.7 cm³/mol. The molecule has 7 heteroatoms. The molecule has 2 rings (SSSR count). The topological polar surface area (TPSA) is 96.7 Å². The van der Waals surface area contributed by atoms with Crippen LogP contribution in [0.15, 0.2) is 35.5 Å². The Morgan fingerprint density at radius 1 is 1.37 bits per heavy atom. The number of rotatable bonds is 6. The number of carbonyl (C=O) groups excluding carboxylic acids is 1. The van der Waals surface area contributed by atoms with Crippen molar-refractivity contribution in [3.63, 3.8) is 0 Å². The van der Waals surface area contributed by atoms with Crippen molar-refractivity contribution in [3.05, 3.63) is 35.9 Å². The molecule has 0 atom stereocenters. The number of aromatic nitrogens is 3. The molecule has 1 heterocycles. The van der Waals surface area contributed by atoms with Gasteiger partial charge in [0.2, 0.25) is 17.0 Å². The normalized spacial score (nSPS) is 10.3. The third-order valence-electron chi connectivity index (χ3n) is 2.39. The van der Waals surface area contributed by atoms with Crippen LogP contribution in [0.5, 0.6) is 0 Å². The first-order valence-electron chi connectivity index (χ1n) is 5.85. The first-order chi connectivity index (χ1) is 9.24. The van der Waals surface area contributed by atoms with E-state index in [-0.39, 0.29) is 17.6 Å². The molecule has 0 saturated heterocycles. The van der Waals surface area contributed by atoms with Crippen molar-refractivity contribution in [2.75, 3.05) is 18.0 Å². The lowest BCUT2D eigenvalue weighted by atomic mass is 10.1. The SMILES string of the molecule is Nc1nc(SCC(=O)NCCc2ccccc2)n[nH]1. The van der Waals surface area contributed by atoms with E-state index in [1.165, 1.54) is 17.3 Å². The molecule has 0 saturated carbocycles. The van der Waals surface area contributed by atoms with E-state index < -0.39 is 0 Å². The fourth-order valence-corrected chi connectivity index (χ4v) is 2.13. The van der Waals surface area contributed by atoms with Gasteiger partial charge in [-0.3, -0.25) is 4.79 Å². The van der Waals surface area contributed by atoms with Crippen molar-refractivity contribution < 1.29 is 4.79 Å². The second-order valence-electron chi connectivity index (χ2n) is 3.88. The van der Waals surface area contributed by atoms with Crippen LogP contribution in [0.25, 0.3) is 0 Å². The number of hydrogen-bond acceptors (Lipinski definition) is 5. The highest BCUT2D eigenvalue weighted by Crippen LogP contribution is 2.11. The Labute approximate surface area is 115 Å². The fourth-order valence-electron chi connectivity index (χ4n) is 1.49. The highest BCUT2D eigenvalue weighted by molar-refractivity contribution is 7.99. The average molecular weight is 277 g/mol. The summed E-state index contributed by atoms with van der Waals surface area (Å²) in [7, 11) is 0. The Kier molecular flexibility index (Phi) is 4.79. The number of H-pyrrole nitrogens is 1. The maximum absolute atomic E-state index is 11.6. The van der Waals surface area contributed by atoms with E-state index in [0.717, 1.165) is 6.42 Å². The highest BCUT2D eigenvalue weighted by Gasteiger charge is 2.05. The number of nitrogen functional groups attached to an aromatic ring is 1. The minimum absolute atomic E-state index is 0.0377. The van der Waals surface area contributed by atoms with E-state index in [2.05, 4.69) is 20.5 Å². The highest BCUT2D eigenvalue weighted by atomic mass is 32.2. The molecule has 0 aliphatic heterocycles. The minimum Gasteiger partial charge on any atom is -0.368 e. The summed E-state index contributed by atoms with van der Waals surface area (Å²) < 4.78 is 0. The van der Waals surface area contributed by atoms with E-state index in [9.17, 15) is 4.79 Å². The van der Waals surface area contributed by atoms with E-state index in [1.807, 2.05) is 30.3 Å². The summed E-state index contributed by atoms with van der Waals surface area (Å²) in [6.07, 6.45) is 0.824. The summed E-state index contributed by atoms with van der Waals surface area (Å²) in [5, 5.41) is 9.69. The van der Waals surface area contributed by atoms with E-state index >= 15 is 0 Å². The zero-order valence-electron chi connectivity index (χ0n) is 10.3. The van der Waals surface area contributed by atoms with Gasteiger partial charge in [0.15, 0.2) is 0 Å². The zero-order chi connectivity index (χ0) is 13.5. The maximum Gasteiger partial charge on any atom is 0.230 e. The number of benzene rings is 1. The number of nitrogens with zero attached hydrogens (tertiary/aromatic N) is 2. The molecule has 0 aliphatic carbocycles. The summed E-state index contributed by atoms with van der Waals surface area (Å²) in [4.78, 5) is 15.5. The lowest BCUT2D eigenvalue weighted by Gasteiger charge is -2.04. The summed E-state index contributed by atoms with van der Waals surface area (Å²) in [6, 6.07) is 10.0. The van der Waals surface area contributed by atoms with Gasteiger partial charge in [0.25, 0.3) is 0 Å². The standard InChI is InChI=1S/C12H15N5OS/c13-11-15-12(17-16-11)19-8-10(18)14-7-6-9-4-2-1-3-5-9/h1-5H,6-8H2,(H,14,18)(H3,13,15,16,17). The van der Waals surface area contributed by atoms with Gasteiger partial charge in [-0.1, -0.05) is 42.1 Å². The summed E-state index contributed by atoms with van der Waals surface area (Å²) in [5.74, 6) is 0.503. The summed E-state index contributed by atoms with van der Waals surface area (Å²) >= 11 is 1.25. The van der Waals surface area contributed by atoms with Crippen LogP contribution in [0.3, 0.4) is 0 Å². The van der Waals surface area contributed by atoms with Crippen molar-refractivity contribution in [2.24, 2.45) is 0 Å². The number of nitrogens with two attached hydrogens (primary N) is 1. The van der Waals surface area contributed by atoms with E-state index in [1.54, 1.807) is 0 Å². The molecular formula is C12H15N5OS. The molecular weight excluding hydrogens is 262 g/mol. The Morgan fingerprint density at radius 3 is 2.84 bits per heavy atom. The number of anilines is 1. The molecule has 0 spiro atoms. The quantitative estimate of drug-likeness (QED) is 0.680. The monoisotopic (exact) mass is 277 g/mol. The number of aromatic amines is 1. The molecule has 6 nitrogen and oxygen atoms in total. The van der Waals surface area contributed by atoms with Crippen molar-refractivity contribution >= 4 is 23.6 Å². The Balaban J connectivity index is 1.65. The van der Waals surface area contributed by atoms with Crippen molar-refractivity contribution in [2.45, 2.75) is 11.6 Å². The number of carbonyl (C=O) groups is 1. The molecule has 0 radical (unpaired) electrons. The zero-order valence-corrected chi connectivity index (χ0v) is 11.1. The first kappa shape index (κ1) is 13.4. The van der Waals surface area contributed by atoms with Gasteiger partial charge in [-0.05, 0) is 12.0 Å². The van der Waals surface area contributed by atoms with Gasteiger partial charge in [0.1, 0.15) is 0 Å². The van der Waals surface area contributed by atoms with E-state index in [0.29, 0.717) is 11.7 Å². The van der Waals surface area contributed by atoms with Crippen molar-refractivity contribution in [1.82, 2.24) is 20.5 Å². The second-order valence-corrected chi connectivity index (χ2v) is 4.82. The van der Waals surface area contributed by atoms with Gasteiger partial charge in [0.05, 0.1) is 5.75 Å². The van der Waals surface area contributed by atoms with Crippen LogP contribution in [-0.2, 0) is 11.2 Å². The van der Waals surface area contributed by atoms with Gasteiger partial charge in [0, 0.05) is 6.54 Å². The molecule has 4 N–H and O–H groups in total. The molecule has 0 unspecified atom stereocenters. The van der Waals surface area contributed by atoms with Crippen LogP contribution >= 0.6 is 11.8 Å². The fraction of sp³-hybridized carbons (Fsp3) is 0.250. The van der Waals surface area contributed by atoms with Gasteiger partial charge >= 0.3 is 0 Å². The van der Waals surface area contributed by atoms with Crippen LogP contribution < -0.4 is 11.1 Å². The van der Waals surface area contributed by atoms with Crippen molar-refractivity contribution in [3.8, 4) is 0 Å². The van der Waals surface area contributed by atoms with E-state index in [4.69, 9.17) is 5.73 Å². The predicted octanol–water partition coefficient (Wildman–Crippen LogP) is 0.838. The van der Waals surface area contributed by atoms with Crippen LogP contribution in [0.2, 0.25) is 0 Å². The average Bonchev–Trinajstić information content (AvgIpc) is 2.83. The summed E-state index contributed by atoms with van der Waals surface area (Å²) in [6.45, 7) is 0.625. The Morgan fingerprint density at radius 2 is 2.16 bits per heavy atom. The van der Waals surface area contributed by atoms with Crippen LogP contribution in [0, 0.1) is 0 Å². The molecule has 0 aliphatic rings. The molecule has 1 aromatic carbocycles. The minimum atomic E-state index is -0.0377. The second kappa shape index (κ2) is 6.79. The van der Waals surface area contributed by atoms with Gasteiger partial charge in [-0.2, -0.15) is 4.98 Å². The largest absolute Gasteiger partial charge is 0.368 e. The lowest BCUT2D eigenvalue weighted by molar-refractivity contribution is -0.118. The number of amides is 1. The van der Waals surface area contributed by atoms with Crippen LogP contribution in [0.1, 0.15) is 5.56 Å². The van der Waals surface area contributed by atoms with Gasteiger partial charge in [-0.15, -0.1) is 5.10 Å². The lowest BCUT2D eigenvalue weighted by Crippen LogP contribution is -2.27. The molecule has 100 valence electrons. The van der Waals surface area contributed by atoms with Crippen LogP contribution in [-0.4, -0.2) is 33.4 Å². The maximum atomic E-state index is 11.6. The third kappa shape index (κ3) is 4.63. The number of nitrogens with one attached hydrogen (secondary N) is 2. The number of thioether (sulfide) groups is 1. The van der Waals surface area contributed by atoms with Gasteiger partial charge in [-0.25, -0.2) is 5.10 Å². The molecule has 19 heavy (non-hydrogen) atoms. The number of hydrogen-bond donors (Lipinski definition) is 3. The Hall–Kier alpha value is -2.02. The Bertz CT molecular complexity index is 528. The smallest absolute Gasteiger partial charge is 0.230 e. The summed E-state index contributed by atoms with van der Waals surface area (Å²) in [5.41, 5.74) is 6.59. The third-order valence-corrected chi connectivity index (χ3v) is 3.24. The first-order valence-corrected chi connectivity index (χ1v) is 6.84. The molecule has 1 aromatic heterocycles.